The van der Waals surface area contributed by atoms with Crippen molar-refractivity contribution in [2.45, 2.75) is 6.17 Å². The minimum absolute atomic E-state index is 0.385. The minimum Gasteiger partial charge on any atom is -0.454 e. The van der Waals surface area contributed by atoms with Gasteiger partial charge in [0, 0.05) is 20.8 Å². The van der Waals surface area contributed by atoms with Gasteiger partial charge in [-0.2, -0.15) is 0 Å². The van der Waals surface area contributed by atoms with Crippen LogP contribution in [0, 0.1) is 0 Å². The molecule has 22 heavy (non-hydrogen) atoms. The zero-order valence-electron chi connectivity index (χ0n) is 11.1. The Labute approximate surface area is 132 Å². The number of H-pyrrole nitrogens is 1. The van der Waals surface area contributed by atoms with Gasteiger partial charge in [-0.1, -0.05) is 28.1 Å². The van der Waals surface area contributed by atoms with E-state index in [0.29, 0.717) is 0 Å². The normalized spacial score (nSPS) is 15.0. The number of hydrogen-bond acceptors (Lipinski definition) is 5. The second kappa shape index (κ2) is 4.23. The fourth-order valence-electron chi connectivity index (χ4n) is 2.91. The van der Waals surface area contributed by atoms with Crippen molar-refractivity contribution in [3.05, 3.63) is 46.4 Å². The summed E-state index contributed by atoms with van der Waals surface area (Å²) in [5, 5.41) is 17.3. The van der Waals surface area contributed by atoms with E-state index in [1.165, 1.54) is 0 Å². The summed E-state index contributed by atoms with van der Waals surface area (Å²) in [7, 11) is 0. The van der Waals surface area contributed by atoms with Gasteiger partial charge in [0.15, 0.2) is 5.58 Å². The van der Waals surface area contributed by atoms with Crippen LogP contribution in [0.2, 0.25) is 0 Å². The molecule has 2 aromatic carbocycles. The molecular weight excluding hydrogens is 346 g/mol. The van der Waals surface area contributed by atoms with E-state index in [0.717, 1.165) is 43.0 Å². The number of hydrogen-bond donors (Lipinski definition) is 1. The van der Waals surface area contributed by atoms with Gasteiger partial charge in [0.25, 0.3) is 0 Å². The monoisotopic (exact) mass is 353 g/mol. The van der Waals surface area contributed by atoms with Gasteiger partial charge < -0.3 is 9.40 Å². The smallest absolute Gasteiger partial charge is 0.212 e. The maximum Gasteiger partial charge on any atom is 0.212 e. The standard InChI is InChI=1S/C15H8BrN5O/c16-7-4-5-11-10(6-7)13-14(22-11)8-2-1-3-9(12(8)17-13)15-18-20-21-19-15/h1-6,15,17H. The lowest BCUT2D eigenvalue weighted by Crippen LogP contribution is -1.89. The number of rotatable bonds is 1. The van der Waals surface area contributed by atoms with Crippen molar-refractivity contribution in [2.75, 3.05) is 0 Å². The highest BCUT2D eigenvalue weighted by atomic mass is 79.9. The SMILES string of the molecule is Brc1ccc2oc3c4cccc(C5N=NN=N5)c4[nH]c3c2c1. The van der Waals surface area contributed by atoms with Crippen molar-refractivity contribution in [3.8, 4) is 0 Å². The topological polar surface area (TPSA) is 78.4 Å². The van der Waals surface area contributed by atoms with E-state index < -0.39 is 0 Å². The number of aromatic nitrogens is 1. The van der Waals surface area contributed by atoms with Crippen molar-refractivity contribution < 1.29 is 4.42 Å². The van der Waals surface area contributed by atoms with Crippen molar-refractivity contribution in [1.82, 2.24) is 4.98 Å². The Morgan fingerprint density at radius 2 is 1.86 bits per heavy atom. The van der Waals surface area contributed by atoms with Crippen LogP contribution in [0.1, 0.15) is 11.7 Å². The number of halogens is 1. The highest BCUT2D eigenvalue weighted by Crippen LogP contribution is 2.38. The number of furan rings is 1. The van der Waals surface area contributed by atoms with Crippen LogP contribution in [0.5, 0.6) is 0 Å². The molecule has 0 amide bonds. The molecule has 1 aliphatic heterocycles. The van der Waals surface area contributed by atoms with Gasteiger partial charge >= 0.3 is 0 Å². The Hall–Kier alpha value is -2.54. The molecule has 2 aromatic heterocycles. The molecule has 0 fully saturated rings. The van der Waals surface area contributed by atoms with E-state index in [9.17, 15) is 0 Å². The zero-order chi connectivity index (χ0) is 14.7. The Balaban J connectivity index is 1.90. The lowest BCUT2D eigenvalue weighted by atomic mass is 10.1. The fourth-order valence-corrected chi connectivity index (χ4v) is 3.28. The van der Waals surface area contributed by atoms with Crippen LogP contribution in [0.4, 0.5) is 0 Å². The summed E-state index contributed by atoms with van der Waals surface area (Å²) in [5.74, 6) is 0. The molecule has 1 aliphatic rings. The third-order valence-electron chi connectivity index (χ3n) is 3.88. The third kappa shape index (κ3) is 1.54. The van der Waals surface area contributed by atoms with Gasteiger partial charge in [-0.25, -0.2) is 0 Å². The number of para-hydroxylation sites is 1. The van der Waals surface area contributed by atoms with E-state index in [1.54, 1.807) is 0 Å². The molecule has 0 spiro atoms. The summed E-state index contributed by atoms with van der Waals surface area (Å²) in [5.41, 5.74) is 4.58. The van der Waals surface area contributed by atoms with Gasteiger partial charge in [0.2, 0.25) is 6.17 Å². The number of aromatic amines is 1. The van der Waals surface area contributed by atoms with E-state index in [4.69, 9.17) is 4.42 Å². The highest BCUT2D eigenvalue weighted by molar-refractivity contribution is 9.10. The van der Waals surface area contributed by atoms with Gasteiger partial charge in [0.05, 0.1) is 11.0 Å². The van der Waals surface area contributed by atoms with E-state index >= 15 is 0 Å². The second-order valence-corrected chi connectivity index (χ2v) is 6.04. The minimum atomic E-state index is -0.385. The number of nitrogens with zero attached hydrogens (tertiary/aromatic N) is 4. The fraction of sp³-hybridized carbons (Fsp3) is 0.0667. The highest BCUT2D eigenvalue weighted by Gasteiger charge is 2.20. The molecule has 0 aliphatic carbocycles. The molecule has 0 saturated heterocycles. The third-order valence-corrected chi connectivity index (χ3v) is 4.37. The average molecular weight is 354 g/mol. The summed E-state index contributed by atoms with van der Waals surface area (Å²) >= 11 is 3.50. The summed E-state index contributed by atoms with van der Waals surface area (Å²) in [6.07, 6.45) is -0.385. The van der Waals surface area contributed by atoms with Gasteiger partial charge in [-0.15, -0.1) is 10.2 Å². The lowest BCUT2D eigenvalue weighted by Gasteiger charge is -2.03. The average Bonchev–Trinajstić information content (AvgIpc) is 3.22. The first-order chi connectivity index (χ1) is 10.8. The van der Waals surface area contributed by atoms with Crippen LogP contribution in [0.25, 0.3) is 33.0 Å². The Morgan fingerprint density at radius 1 is 1.00 bits per heavy atom. The Bertz CT molecular complexity index is 1100. The predicted molar refractivity (Wildman–Crippen MR) is 85.7 cm³/mol. The largest absolute Gasteiger partial charge is 0.454 e. The first kappa shape index (κ1) is 12.0. The molecule has 3 heterocycles. The first-order valence-corrected chi connectivity index (χ1v) is 7.53. The Kier molecular flexibility index (Phi) is 2.32. The number of fused-ring (bicyclic) bond motifs is 5. The maximum absolute atomic E-state index is 6.02. The molecule has 4 aromatic rings. The van der Waals surface area contributed by atoms with Crippen LogP contribution in [-0.4, -0.2) is 4.98 Å². The first-order valence-electron chi connectivity index (χ1n) is 6.73. The molecule has 106 valence electrons. The van der Waals surface area contributed by atoms with Crippen LogP contribution in [-0.2, 0) is 0 Å². The summed E-state index contributed by atoms with van der Waals surface area (Å²) in [6, 6.07) is 11.9. The van der Waals surface area contributed by atoms with E-state index in [1.807, 2.05) is 36.4 Å². The molecule has 1 N–H and O–H groups in total. The molecule has 0 radical (unpaired) electrons. The quantitative estimate of drug-likeness (QED) is 0.470. The van der Waals surface area contributed by atoms with Crippen molar-refractivity contribution in [2.24, 2.45) is 20.7 Å². The molecule has 7 heteroatoms. The van der Waals surface area contributed by atoms with Crippen LogP contribution in [0.15, 0.2) is 66.0 Å². The lowest BCUT2D eigenvalue weighted by molar-refractivity contribution is 0.673. The molecule has 0 bridgehead atoms. The van der Waals surface area contributed by atoms with E-state index in [-0.39, 0.29) is 6.17 Å². The van der Waals surface area contributed by atoms with Gasteiger partial charge in [0.1, 0.15) is 5.58 Å². The molecule has 0 atom stereocenters. The van der Waals surface area contributed by atoms with Crippen LogP contribution >= 0.6 is 15.9 Å². The van der Waals surface area contributed by atoms with Gasteiger partial charge in [-0.3, -0.25) is 0 Å². The molecule has 6 nitrogen and oxygen atoms in total. The van der Waals surface area contributed by atoms with Gasteiger partial charge in [-0.05, 0) is 34.7 Å². The van der Waals surface area contributed by atoms with Crippen molar-refractivity contribution >= 4 is 48.9 Å². The van der Waals surface area contributed by atoms with E-state index in [2.05, 4.69) is 41.6 Å². The zero-order valence-corrected chi connectivity index (χ0v) is 12.7. The number of nitrogens with one attached hydrogen (secondary N) is 1. The van der Waals surface area contributed by atoms with Crippen LogP contribution in [0.3, 0.4) is 0 Å². The summed E-state index contributed by atoms with van der Waals surface area (Å²) < 4.78 is 7.03. The Morgan fingerprint density at radius 3 is 2.73 bits per heavy atom. The molecule has 0 saturated carbocycles. The molecule has 5 rings (SSSR count). The maximum atomic E-state index is 6.02. The predicted octanol–water partition coefficient (Wildman–Crippen LogP) is 5.66. The second-order valence-electron chi connectivity index (χ2n) is 5.12. The summed E-state index contributed by atoms with van der Waals surface area (Å²) in [4.78, 5) is 3.46. The molecule has 0 unspecified atom stereocenters. The van der Waals surface area contributed by atoms with Crippen molar-refractivity contribution in [3.63, 3.8) is 0 Å². The van der Waals surface area contributed by atoms with Crippen molar-refractivity contribution in [1.29, 1.82) is 0 Å². The number of benzene rings is 2. The van der Waals surface area contributed by atoms with Crippen LogP contribution < -0.4 is 0 Å². The summed E-state index contributed by atoms with van der Waals surface area (Å²) in [6.45, 7) is 0. The molecular formula is C15H8BrN5O.